The number of aliphatic hydroxyl groups is 5. The Morgan fingerprint density at radius 3 is 1.45 bits per heavy atom. The van der Waals surface area contributed by atoms with Crippen LogP contribution in [0.4, 0.5) is 0 Å². The summed E-state index contributed by atoms with van der Waals surface area (Å²) in [5.41, 5.74) is 0. The Morgan fingerprint density at radius 2 is 0.948 bits per heavy atom. The van der Waals surface area contributed by atoms with E-state index in [9.17, 15) is 44.6 Å². The second-order valence-electron chi connectivity index (χ2n) is 15.9. The van der Waals surface area contributed by atoms with Gasteiger partial charge in [-0.05, 0) is 38.5 Å². The fourth-order valence-electron chi connectivity index (χ4n) is 6.86. The number of carbonyl (C=O) groups excluding carboxylic acids is 2. The Labute approximate surface area is 349 Å². The molecule has 0 bridgehead atoms. The summed E-state index contributed by atoms with van der Waals surface area (Å²) in [4.78, 5) is 35.6. The highest BCUT2D eigenvalue weighted by atomic mass is 31.2. The van der Waals surface area contributed by atoms with Crippen molar-refractivity contribution in [2.45, 2.75) is 230 Å². The molecule has 0 aromatic heterocycles. The maximum absolute atomic E-state index is 12.8. The third-order valence-electron chi connectivity index (χ3n) is 10.5. The van der Waals surface area contributed by atoms with Crippen molar-refractivity contribution in [1.29, 1.82) is 0 Å². The van der Waals surface area contributed by atoms with Crippen LogP contribution in [0.1, 0.15) is 187 Å². The molecule has 6 unspecified atom stereocenters. The van der Waals surface area contributed by atoms with Gasteiger partial charge in [0.05, 0.1) is 6.61 Å². The molecule has 0 aromatic rings. The Hall–Kier alpha value is -1.67. The number of carbonyl (C=O) groups is 2. The lowest BCUT2D eigenvalue weighted by atomic mass is 9.85. The largest absolute Gasteiger partial charge is 0.472 e. The molecular weight excluding hydrogens is 767 g/mol. The minimum absolute atomic E-state index is 0.0356. The summed E-state index contributed by atoms with van der Waals surface area (Å²) in [5.74, 6) is -1.15. The van der Waals surface area contributed by atoms with Crippen molar-refractivity contribution in [3.8, 4) is 0 Å². The van der Waals surface area contributed by atoms with E-state index in [1.54, 1.807) is 0 Å². The molecule has 8 atom stereocenters. The molecule has 0 aromatic carbocycles. The molecule has 0 saturated heterocycles. The van der Waals surface area contributed by atoms with Gasteiger partial charge >= 0.3 is 19.8 Å². The molecule has 13 nitrogen and oxygen atoms in total. The molecule has 1 aliphatic carbocycles. The lowest BCUT2D eigenvalue weighted by Crippen LogP contribution is -2.64. The third kappa shape index (κ3) is 27.2. The van der Waals surface area contributed by atoms with E-state index in [4.69, 9.17) is 18.5 Å². The first kappa shape index (κ1) is 54.3. The highest BCUT2D eigenvalue weighted by molar-refractivity contribution is 7.47. The highest BCUT2D eigenvalue weighted by Gasteiger charge is 2.51. The number of hydrogen-bond donors (Lipinski definition) is 6. The van der Waals surface area contributed by atoms with Crippen molar-refractivity contribution in [1.82, 2.24) is 0 Å². The number of aliphatic hydroxyl groups excluding tert-OH is 5. The molecule has 14 heteroatoms. The standard InChI is InChI=1S/C44H81O13P/c1-3-5-7-9-11-13-15-17-18-19-20-21-23-25-27-29-31-33-38(46)56-36(34-54-37(45)32-30-28-26-24-22-16-14-12-10-8-6-4-2)35-55-58(52,53)57-44-42(50)40(48)39(47)41(49)43(44)51/h20-21,25,27,36,39-44,47-51H,3-19,22-24,26,28-35H2,1-2H3,(H,52,53)/b21-20+,27-25+/t36-,39?,40-,41?,42?,43?,44?/m1/s1. The summed E-state index contributed by atoms with van der Waals surface area (Å²) >= 11 is 0. The van der Waals surface area contributed by atoms with E-state index < -0.39 is 75.7 Å². The van der Waals surface area contributed by atoms with Gasteiger partial charge < -0.3 is 39.9 Å². The first-order chi connectivity index (χ1) is 27.9. The number of ether oxygens (including phenoxy) is 2. The van der Waals surface area contributed by atoms with Crippen molar-refractivity contribution in [2.24, 2.45) is 0 Å². The maximum Gasteiger partial charge on any atom is 0.472 e. The minimum atomic E-state index is -5.12. The summed E-state index contributed by atoms with van der Waals surface area (Å²) in [6.45, 7) is 3.26. The molecule has 0 heterocycles. The normalized spacial score (nSPS) is 22.7. The molecule has 58 heavy (non-hydrogen) atoms. The van der Waals surface area contributed by atoms with Crippen molar-refractivity contribution in [2.75, 3.05) is 13.2 Å². The van der Waals surface area contributed by atoms with Crippen LogP contribution in [0.5, 0.6) is 0 Å². The van der Waals surface area contributed by atoms with Gasteiger partial charge in [0.1, 0.15) is 43.2 Å². The van der Waals surface area contributed by atoms with Crippen LogP contribution in [0.25, 0.3) is 0 Å². The molecule has 0 amide bonds. The van der Waals surface area contributed by atoms with Gasteiger partial charge in [-0.1, -0.05) is 160 Å². The topological polar surface area (TPSA) is 210 Å². The first-order valence-corrected chi connectivity index (χ1v) is 24.1. The number of unbranched alkanes of at least 4 members (excludes halogenated alkanes) is 21. The van der Waals surface area contributed by atoms with Gasteiger partial charge in [-0.3, -0.25) is 18.6 Å². The second kappa shape index (κ2) is 35.0. The molecule has 0 spiro atoms. The monoisotopic (exact) mass is 849 g/mol. The Kier molecular flexibility index (Phi) is 32.8. The molecule has 340 valence electrons. The minimum Gasteiger partial charge on any atom is -0.462 e. The molecule has 0 radical (unpaired) electrons. The van der Waals surface area contributed by atoms with Crippen LogP contribution >= 0.6 is 7.82 Å². The van der Waals surface area contributed by atoms with Crippen LogP contribution in [-0.4, -0.2) is 98.3 Å². The molecule has 1 rings (SSSR count). The number of esters is 2. The predicted molar refractivity (Wildman–Crippen MR) is 226 cm³/mol. The lowest BCUT2D eigenvalue weighted by molar-refractivity contribution is -0.220. The first-order valence-electron chi connectivity index (χ1n) is 22.6. The van der Waals surface area contributed by atoms with Crippen LogP contribution in [0, 0.1) is 0 Å². The van der Waals surface area contributed by atoms with E-state index in [1.165, 1.54) is 109 Å². The number of hydrogen-bond acceptors (Lipinski definition) is 12. The SMILES string of the molecule is CCCCCCCCCCC/C=C/C/C=C/CCCC(=O)O[C@H](COC(=O)CCCCCCCCCCCCCC)COP(=O)(O)OC1C(O)C(O)C(O)[C@@H](O)C1O. The Morgan fingerprint density at radius 1 is 0.534 bits per heavy atom. The number of allylic oxidation sites excluding steroid dienone is 4. The van der Waals surface area contributed by atoms with Gasteiger partial charge in [-0.25, -0.2) is 4.57 Å². The van der Waals surface area contributed by atoms with E-state index in [1.807, 2.05) is 12.2 Å². The second-order valence-corrected chi connectivity index (χ2v) is 17.3. The smallest absolute Gasteiger partial charge is 0.462 e. The third-order valence-corrected chi connectivity index (χ3v) is 11.5. The van der Waals surface area contributed by atoms with Gasteiger partial charge in [0.25, 0.3) is 0 Å². The molecule has 1 fully saturated rings. The number of rotatable bonds is 37. The number of phosphoric ester groups is 1. The summed E-state index contributed by atoms with van der Waals surface area (Å²) in [5, 5.41) is 50.1. The Bertz CT molecular complexity index is 1120. The molecule has 1 aliphatic rings. The van der Waals surface area contributed by atoms with E-state index in [0.29, 0.717) is 19.3 Å². The van der Waals surface area contributed by atoms with Crippen molar-refractivity contribution in [3.05, 3.63) is 24.3 Å². The average molecular weight is 849 g/mol. The van der Waals surface area contributed by atoms with Gasteiger partial charge in [-0.15, -0.1) is 0 Å². The Balaban J connectivity index is 2.50. The van der Waals surface area contributed by atoms with Crippen molar-refractivity contribution >= 4 is 19.8 Å². The fraction of sp³-hybridized carbons (Fsp3) is 0.864. The average Bonchev–Trinajstić information content (AvgIpc) is 3.20. The summed E-state index contributed by atoms with van der Waals surface area (Å²) in [6.07, 6.45) is 23.9. The summed E-state index contributed by atoms with van der Waals surface area (Å²) in [7, 11) is -5.12. The molecular formula is C44H81O13P. The zero-order valence-electron chi connectivity index (χ0n) is 35.8. The van der Waals surface area contributed by atoms with Crippen molar-refractivity contribution < 1.29 is 63.1 Å². The lowest BCUT2D eigenvalue weighted by Gasteiger charge is -2.41. The fourth-order valence-corrected chi connectivity index (χ4v) is 7.83. The maximum atomic E-state index is 12.8. The number of phosphoric acid groups is 1. The van der Waals surface area contributed by atoms with E-state index in [-0.39, 0.29) is 12.8 Å². The summed E-state index contributed by atoms with van der Waals surface area (Å²) in [6, 6.07) is 0. The molecule has 6 N–H and O–H groups in total. The molecule has 1 saturated carbocycles. The predicted octanol–water partition coefficient (Wildman–Crippen LogP) is 8.45. The van der Waals surface area contributed by atoms with Gasteiger partial charge in [-0.2, -0.15) is 0 Å². The van der Waals surface area contributed by atoms with Gasteiger partial charge in [0, 0.05) is 12.8 Å². The van der Waals surface area contributed by atoms with Gasteiger partial charge in [0.15, 0.2) is 6.10 Å². The van der Waals surface area contributed by atoms with Crippen LogP contribution in [-0.2, 0) is 32.7 Å². The summed E-state index contributed by atoms with van der Waals surface area (Å²) < 4.78 is 33.4. The molecule has 0 aliphatic heterocycles. The zero-order chi connectivity index (χ0) is 42.9. The van der Waals surface area contributed by atoms with Crippen LogP contribution < -0.4 is 0 Å². The van der Waals surface area contributed by atoms with E-state index >= 15 is 0 Å². The zero-order valence-corrected chi connectivity index (χ0v) is 36.7. The van der Waals surface area contributed by atoms with Crippen LogP contribution in [0.3, 0.4) is 0 Å². The van der Waals surface area contributed by atoms with Crippen molar-refractivity contribution in [3.63, 3.8) is 0 Å². The highest BCUT2D eigenvalue weighted by Crippen LogP contribution is 2.47. The quantitative estimate of drug-likeness (QED) is 0.0150. The van der Waals surface area contributed by atoms with Crippen LogP contribution in [0.2, 0.25) is 0 Å². The van der Waals surface area contributed by atoms with Crippen LogP contribution in [0.15, 0.2) is 24.3 Å². The van der Waals surface area contributed by atoms with E-state index in [0.717, 1.165) is 32.1 Å². The van der Waals surface area contributed by atoms with E-state index in [2.05, 4.69) is 26.0 Å². The van der Waals surface area contributed by atoms with Gasteiger partial charge in [0.2, 0.25) is 0 Å².